The fourth-order valence-electron chi connectivity index (χ4n) is 1.16. The molecule has 1 aromatic rings. The number of benzene rings is 1. The quantitative estimate of drug-likeness (QED) is 0.410. The van der Waals surface area contributed by atoms with Gasteiger partial charge in [0.25, 0.3) is 0 Å². The molecule has 0 aliphatic carbocycles. The second kappa shape index (κ2) is 2.01. The Morgan fingerprint density at radius 2 is 2.10 bits per heavy atom. The van der Waals surface area contributed by atoms with Crippen molar-refractivity contribution < 1.29 is 4.65 Å². The third-order valence-electron chi connectivity index (χ3n) is 1.72. The van der Waals surface area contributed by atoms with Gasteiger partial charge >= 0.3 is 60.6 Å². The van der Waals surface area contributed by atoms with Gasteiger partial charge in [-0.2, -0.15) is 0 Å². The minimum atomic E-state index is 0.689. The van der Waals surface area contributed by atoms with Crippen molar-refractivity contribution in [3.63, 3.8) is 0 Å². The van der Waals surface area contributed by atoms with Crippen molar-refractivity contribution in [2.45, 2.75) is 0 Å². The van der Waals surface area contributed by atoms with Crippen molar-refractivity contribution in [2.75, 3.05) is 0 Å². The number of fused-ring (bicyclic) bond motifs is 1. The van der Waals surface area contributed by atoms with Gasteiger partial charge < -0.3 is 0 Å². The van der Waals surface area contributed by atoms with Gasteiger partial charge in [-0.3, -0.25) is 0 Å². The molecule has 10 heavy (non-hydrogen) atoms. The van der Waals surface area contributed by atoms with Crippen LogP contribution in [0.5, 0.6) is 0 Å². The molecule has 0 unspecified atom stereocenters. The fourth-order valence-corrected chi connectivity index (χ4v) is 1.16. The van der Waals surface area contributed by atoms with Crippen molar-refractivity contribution in [1.29, 1.82) is 0 Å². The van der Waals surface area contributed by atoms with Crippen molar-refractivity contribution in [3.05, 3.63) is 29.8 Å². The van der Waals surface area contributed by atoms with Crippen LogP contribution in [0.1, 0.15) is 5.56 Å². The van der Waals surface area contributed by atoms with Crippen LogP contribution in [0.15, 0.2) is 24.3 Å². The summed E-state index contributed by atoms with van der Waals surface area (Å²) in [4.78, 5) is 0. The van der Waals surface area contributed by atoms with E-state index in [1.54, 1.807) is 0 Å². The Morgan fingerprint density at radius 3 is 2.90 bits per heavy atom. The van der Waals surface area contributed by atoms with Gasteiger partial charge in [0, 0.05) is 0 Å². The van der Waals surface area contributed by atoms with E-state index in [9.17, 15) is 0 Å². The molecule has 0 N–H and O–H groups in total. The van der Waals surface area contributed by atoms with Gasteiger partial charge in [-0.25, -0.2) is 0 Å². The van der Waals surface area contributed by atoms with Crippen molar-refractivity contribution >= 4 is 26.1 Å². The zero-order chi connectivity index (χ0) is 6.97. The summed E-state index contributed by atoms with van der Waals surface area (Å²) >= 11 is 0. The molecular weight excluding hydrogens is 122 g/mol. The molecular formula is C7H6B2O. The molecule has 0 atom stereocenters. The first-order valence-electron chi connectivity index (χ1n) is 3.28. The molecule has 1 nitrogen and oxygen atoms in total. The molecule has 1 aromatic carbocycles. The Balaban J connectivity index is 2.61. The van der Waals surface area contributed by atoms with E-state index in [2.05, 4.69) is 13.6 Å². The van der Waals surface area contributed by atoms with Gasteiger partial charge in [0.15, 0.2) is 0 Å². The molecule has 0 saturated carbocycles. The monoisotopic (exact) mass is 128 g/mol. The van der Waals surface area contributed by atoms with E-state index in [0.717, 1.165) is 11.2 Å². The molecule has 1 aliphatic rings. The number of rotatable bonds is 0. The van der Waals surface area contributed by atoms with Crippen LogP contribution >= 0.6 is 0 Å². The van der Waals surface area contributed by atoms with Crippen LogP contribution in [0.2, 0.25) is 0 Å². The summed E-state index contributed by atoms with van der Waals surface area (Å²) in [6.07, 6.45) is 0. The Morgan fingerprint density at radius 1 is 1.30 bits per heavy atom. The van der Waals surface area contributed by atoms with Crippen molar-refractivity contribution in [2.24, 2.45) is 0 Å². The summed E-state index contributed by atoms with van der Waals surface area (Å²) in [6, 6.07) is 8.11. The van der Waals surface area contributed by atoms with Crippen LogP contribution in [-0.2, 0) is 4.65 Å². The van der Waals surface area contributed by atoms with Crippen LogP contribution in [0.25, 0.3) is 0 Å². The number of hydrogen-bond donors (Lipinski definition) is 0. The predicted molar refractivity (Wildman–Crippen MR) is 45.6 cm³/mol. The standard InChI is InChI=1S/C7H6B2O/c8-7-5-3-1-2-4-6(5)9-10-7/h1-4,8-9H. The summed E-state index contributed by atoms with van der Waals surface area (Å²) in [6.45, 7) is 0. The Labute approximate surface area is 61.4 Å². The molecule has 3 heteroatoms. The molecule has 0 saturated heterocycles. The van der Waals surface area contributed by atoms with Crippen LogP contribution in [-0.4, -0.2) is 20.6 Å². The zero-order valence-corrected chi connectivity index (χ0v) is 5.63. The summed E-state index contributed by atoms with van der Waals surface area (Å²) < 4.78 is 5.23. The molecule has 1 heterocycles. The van der Waals surface area contributed by atoms with E-state index in [-0.39, 0.29) is 0 Å². The normalized spacial score (nSPS) is 13.7. The van der Waals surface area contributed by atoms with E-state index in [0.29, 0.717) is 7.48 Å². The van der Waals surface area contributed by atoms with Gasteiger partial charge in [0.05, 0.1) is 0 Å². The average Bonchev–Trinajstić information content (AvgIpc) is 2.34. The molecule has 0 fully saturated rings. The maximum atomic E-state index is 5.23. The van der Waals surface area contributed by atoms with Crippen LogP contribution in [0.4, 0.5) is 0 Å². The third kappa shape index (κ3) is 0.703. The molecule has 0 bridgehead atoms. The maximum absolute atomic E-state index is 5.23. The Kier molecular flexibility index (Phi) is 1.16. The second-order valence-electron chi connectivity index (χ2n) is 2.37. The summed E-state index contributed by atoms with van der Waals surface area (Å²) in [5, 5.41) is 0. The third-order valence-corrected chi connectivity index (χ3v) is 1.72. The van der Waals surface area contributed by atoms with Gasteiger partial charge in [-0.15, -0.1) is 0 Å². The van der Waals surface area contributed by atoms with Gasteiger partial charge in [-0.05, 0) is 0 Å². The van der Waals surface area contributed by atoms with Crippen molar-refractivity contribution in [1.82, 2.24) is 0 Å². The Bertz CT molecular complexity index is 283. The first-order valence-corrected chi connectivity index (χ1v) is 3.28. The molecule has 0 amide bonds. The van der Waals surface area contributed by atoms with E-state index in [1.807, 2.05) is 18.2 Å². The minimum absolute atomic E-state index is 0.689. The van der Waals surface area contributed by atoms with E-state index in [1.165, 1.54) is 5.46 Å². The zero-order valence-electron chi connectivity index (χ0n) is 5.63. The van der Waals surface area contributed by atoms with E-state index < -0.39 is 0 Å². The van der Waals surface area contributed by atoms with Gasteiger partial charge in [0.2, 0.25) is 0 Å². The van der Waals surface area contributed by atoms with E-state index in [4.69, 9.17) is 4.65 Å². The molecule has 2 rings (SSSR count). The topological polar surface area (TPSA) is 9.23 Å². The summed E-state index contributed by atoms with van der Waals surface area (Å²) in [7, 11) is 4.46. The fraction of sp³-hybridized carbons (Fsp3) is 0. The van der Waals surface area contributed by atoms with Crippen LogP contribution in [0, 0.1) is 0 Å². The first kappa shape index (κ1) is 5.78. The van der Waals surface area contributed by atoms with Crippen LogP contribution in [0.3, 0.4) is 0 Å². The number of hydrogen-bond acceptors (Lipinski definition) is 1. The van der Waals surface area contributed by atoms with Gasteiger partial charge in [-0.1, -0.05) is 0 Å². The van der Waals surface area contributed by atoms with Crippen molar-refractivity contribution in [3.8, 4) is 0 Å². The predicted octanol–water partition coefficient (Wildman–Crippen LogP) is -0.928. The average molecular weight is 128 g/mol. The molecule has 0 aromatic heterocycles. The van der Waals surface area contributed by atoms with E-state index >= 15 is 0 Å². The second-order valence-corrected chi connectivity index (χ2v) is 2.37. The molecule has 1 aliphatic heterocycles. The summed E-state index contributed by atoms with van der Waals surface area (Å²) in [5.41, 5.74) is 3.20. The molecule has 0 spiro atoms. The molecule has 46 valence electrons. The first-order chi connectivity index (χ1) is 4.88. The Hall–Kier alpha value is -0.980. The van der Waals surface area contributed by atoms with Crippen LogP contribution < -0.4 is 5.46 Å². The molecule has 0 radical (unpaired) electrons. The summed E-state index contributed by atoms with van der Waals surface area (Å²) in [5.74, 6) is 0. The van der Waals surface area contributed by atoms with Gasteiger partial charge in [0.1, 0.15) is 0 Å². The SMILES string of the molecule is B=C1OBc2ccccc21.